The molecule has 500 valence electrons. The molecule has 1 heterocycles. The lowest BCUT2D eigenvalue weighted by molar-refractivity contribution is 0.0360. The number of halogens is 2. The Morgan fingerprint density at radius 2 is 0.616 bits per heavy atom. The van der Waals surface area contributed by atoms with E-state index in [0.717, 1.165) is 138 Å². The maximum atomic E-state index is 14.3. The first-order valence-electron chi connectivity index (χ1n) is 36.3. The second-order valence-electron chi connectivity index (χ2n) is 26.4. The molecule has 6 atom stereocenters. The lowest BCUT2D eigenvalue weighted by atomic mass is 9.96. The molecule has 1 aliphatic rings. The molecule has 0 aliphatic carbocycles. The molecule has 0 bridgehead atoms. The van der Waals surface area contributed by atoms with Gasteiger partial charge in [-0.05, 0) is 73.9 Å². The number of piperazine rings is 1. The molecule has 0 spiro atoms. The predicted molar refractivity (Wildman–Crippen MR) is 371 cm³/mol. The minimum atomic E-state index is -0.383. The van der Waals surface area contributed by atoms with E-state index in [9.17, 15) is 29.2 Å². The van der Waals surface area contributed by atoms with Crippen LogP contribution in [0, 0.1) is 11.6 Å². The van der Waals surface area contributed by atoms with Crippen LogP contribution in [0.15, 0.2) is 48.5 Å². The van der Waals surface area contributed by atoms with E-state index in [2.05, 4.69) is 47.3 Å². The van der Waals surface area contributed by atoms with E-state index in [1.54, 1.807) is 24.3 Å². The first kappa shape index (κ1) is 78.9. The normalized spacial score (nSPS) is 16.7. The van der Waals surface area contributed by atoms with Gasteiger partial charge in [-0.1, -0.05) is 257 Å². The summed E-state index contributed by atoms with van der Waals surface area (Å²) in [5.41, 5.74) is 2.28. The van der Waals surface area contributed by atoms with Crippen LogP contribution in [-0.4, -0.2) is 165 Å². The Morgan fingerprint density at radius 1 is 0.372 bits per heavy atom. The van der Waals surface area contributed by atoms with E-state index in [-0.39, 0.29) is 48.1 Å². The molecule has 0 amide bonds. The van der Waals surface area contributed by atoms with Gasteiger partial charge in [-0.15, -0.1) is 0 Å². The Bertz CT molecular complexity index is 1610. The first-order valence-corrected chi connectivity index (χ1v) is 38.6. The van der Waals surface area contributed by atoms with Crippen LogP contribution in [0.1, 0.15) is 270 Å². The van der Waals surface area contributed by atoms with E-state index in [0.29, 0.717) is 26.2 Å². The summed E-state index contributed by atoms with van der Waals surface area (Å²) >= 11 is 3.93. The fourth-order valence-corrected chi connectivity index (χ4v) is 14.8. The molecular formula is C74H134F2N4O4S2. The number of unbranched alkanes of at least 4 members (excludes halogenated alkanes) is 28. The average Bonchev–Trinajstić information content (AvgIpc) is 3.14. The molecule has 1 saturated heterocycles. The highest BCUT2D eigenvalue weighted by Crippen LogP contribution is 2.25. The summed E-state index contributed by atoms with van der Waals surface area (Å²) in [7, 11) is 0. The molecule has 6 unspecified atom stereocenters. The highest BCUT2D eigenvalue weighted by Gasteiger charge is 2.34. The molecule has 2 aromatic rings. The summed E-state index contributed by atoms with van der Waals surface area (Å²) < 4.78 is 28.6. The van der Waals surface area contributed by atoms with E-state index in [4.69, 9.17) is 0 Å². The quantitative estimate of drug-likeness (QED) is 0.0480. The summed E-state index contributed by atoms with van der Waals surface area (Å²) in [6, 6.07) is 14.6. The monoisotopic (exact) mass is 1240 g/mol. The first-order chi connectivity index (χ1) is 42.0. The Morgan fingerprint density at radius 3 is 0.872 bits per heavy atom. The third-order valence-electron chi connectivity index (χ3n) is 18.3. The van der Waals surface area contributed by atoms with Gasteiger partial charge in [-0.25, -0.2) is 8.78 Å². The van der Waals surface area contributed by atoms with Gasteiger partial charge in [0.15, 0.2) is 0 Å². The van der Waals surface area contributed by atoms with Gasteiger partial charge >= 0.3 is 0 Å². The lowest BCUT2D eigenvalue weighted by Gasteiger charge is -2.47. The Balaban J connectivity index is 1.66. The summed E-state index contributed by atoms with van der Waals surface area (Å²) in [5, 5.41) is 45.3. The largest absolute Gasteiger partial charge is 0.392 e. The molecule has 12 heteroatoms. The second-order valence-corrected chi connectivity index (χ2v) is 28.8. The summed E-state index contributed by atoms with van der Waals surface area (Å²) in [5.74, 6) is 3.37. The van der Waals surface area contributed by atoms with Crippen LogP contribution in [0.25, 0.3) is 0 Å². The van der Waals surface area contributed by atoms with Crippen molar-refractivity contribution in [3.05, 3.63) is 71.3 Å². The maximum Gasteiger partial charge on any atom is 0.123 e. The zero-order valence-corrected chi connectivity index (χ0v) is 57.6. The van der Waals surface area contributed by atoms with Gasteiger partial charge in [0.05, 0.1) is 24.4 Å². The van der Waals surface area contributed by atoms with Crippen LogP contribution in [0.4, 0.5) is 8.78 Å². The van der Waals surface area contributed by atoms with Crippen LogP contribution in [-0.2, 0) is 12.8 Å². The second kappa shape index (κ2) is 54.3. The van der Waals surface area contributed by atoms with Gasteiger partial charge in [0, 0.05) is 101 Å². The van der Waals surface area contributed by atoms with Crippen LogP contribution in [0.3, 0.4) is 0 Å². The van der Waals surface area contributed by atoms with E-state index < -0.39 is 0 Å². The number of thioether (sulfide) groups is 2. The number of hydrogen-bond acceptors (Lipinski definition) is 10. The fourth-order valence-electron chi connectivity index (χ4n) is 12.9. The van der Waals surface area contributed by atoms with Gasteiger partial charge in [0.2, 0.25) is 0 Å². The smallest absolute Gasteiger partial charge is 0.123 e. The number of hydrogen-bond donors (Lipinski definition) is 4. The van der Waals surface area contributed by atoms with E-state index in [1.165, 1.54) is 180 Å². The molecule has 0 radical (unpaired) electrons. The highest BCUT2D eigenvalue weighted by molar-refractivity contribution is 7.99. The molecule has 86 heavy (non-hydrogen) atoms. The van der Waals surface area contributed by atoms with Gasteiger partial charge < -0.3 is 20.4 Å². The van der Waals surface area contributed by atoms with Crippen LogP contribution >= 0.6 is 23.5 Å². The topological polar surface area (TPSA) is 93.9 Å². The SMILES string of the molecule is CCCCCCCCCCC(O)CN(CCSCCN1CC(Cc2ccc(F)cc2)N(CCSCCN(CC(O)CCCCCCCCCC)CC(O)CCCCCCCCCC)CC1Cc1ccc(F)cc1)CC(O)CCCCCCCCCC. The maximum absolute atomic E-state index is 14.3. The molecule has 0 saturated carbocycles. The third kappa shape index (κ3) is 41.9. The molecule has 8 nitrogen and oxygen atoms in total. The van der Waals surface area contributed by atoms with Crippen molar-refractivity contribution in [2.75, 3.05) is 88.5 Å². The molecule has 1 fully saturated rings. The molecule has 4 N–H and O–H groups in total. The summed E-state index contributed by atoms with van der Waals surface area (Å²) in [6.45, 7) is 16.8. The van der Waals surface area contributed by atoms with Crippen molar-refractivity contribution in [1.29, 1.82) is 0 Å². The standard InChI is InChI=1S/C74H134F2N4O4S2/c1-5-9-13-17-21-25-29-33-37-71(81)61-77(62-72(82)38-34-30-26-22-18-14-10-6-2)49-53-85-55-51-79-59-70(58-66-43-47-68(76)48-44-66)80(60-69(79)57-65-41-45-67(75)46-42-65)52-56-86-54-50-78(63-73(83)39-35-31-27-23-19-15-11-7-3)64-74(84)40-36-32-28-24-20-16-12-8-4/h41-48,69-74,81-84H,5-40,49-64H2,1-4H3. The Labute approximate surface area is 537 Å². The van der Waals surface area contributed by atoms with Crippen LogP contribution in [0.5, 0.6) is 0 Å². The zero-order chi connectivity index (χ0) is 61.9. The van der Waals surface area contributed by atoms with Crippen molar-refractivity contribution in [1.82, 2.24) is 19.6 Å². The summed E-state index contributed by atoms with van der Waals surface area (Å²) in [4.78, 5) is 10.0. The predicted octanol–water partition coefficient (Wildman–Crippen LogP) is 17.7. The minimum Gasteiger partial charge on any atom is -0.392 e. The van der Waals surface area contributed by atoms with Gasteiger partial charge in [0.1, 0.15) is 11.6 Å². The van der Waals surface area contributed by atoms with Crippen LogP contribution < -0.4 is 0 Å². The van der Waals surface area contributed by atoms with E-state index in [1.807, 2.05) is 47.8 Å². The van der Waals surface area contributed by atoms with Crippen molar-refractivity contribution < 1.29 is 29.2 Å². The minimum absolute atomic E-state index is 0.214. The highest BCUT2D eigenvalue weighted by atomic mass is 32.2. The van der Waals surface area contributed by atoms with Crippen molar-refractivity contribution in [3.8, 4) is 0 Å². The zero-order valence-electron chi connectivity index (χ0n) is 56.0. The molecular weight excluding hydrogens is 1110 g/mol. The Hall–Kier alpha value is -1.32. The van der Waals surface area contributed by atoms with Crippen molar-refractivity contribution in [2.24, 2.45) is 0 Å². The molecule has 0 aromatic heterocycles. The number of rotatable bonds is 60. The van der Waals surface area contributed by atoms with Gasteiger partial charge in [-0.3, -0.25) is 19.6 Å². The van der Waals surface area contributed by atoms with Crippen molar-refractivity contribution in [2.45, 2.75) is 308 Å². The molecule has 2 aromatic carbocycles. The third-order valence-corrected chi connectivity index (χ3v) is 20.2. The van der Waals surface area contributed by atoms with Gasteiger partial charge in [-0.2, -0.15) is 23.5 Å². The van der Waals surface area contributed by atoms with Crippen molar-refractivity contribution in [3.63, 3.8) is 0 Å². The Kier molecular flexibility index (Phi) is 49.8. The molecule has 1 aliphatic heterocycles. The average molecular weight is 1250 g/mol. The lowest BCUT2D eigenvalue weighted by Crippen LogP contribution is -2.60. The number of aliphatic hydroxyl groups excluding tert-OH is 4. The van der Waals surface area contributed by atoms with Crippen molar-refractivity contribution >= 4 is 23.5 Å². The van der Waals surface area contributed by atoms with Gasteiger partial charge in [0.25, 0.3) is 0 Å². The number of benzene rings is 2. The van der Waals surface area contributed by atoms with E-state index >= 15 is 0 Å². The fraction of sp³-hybridized carbons (Fsp3) is 0.838. The molecule has 3 rings (SSSR count). The van der Waals surface area contributed by atoms with Crippen LogP contribution in [0.2, 0.25) is 0 Å². The number of nitrogens with zero attached hydrogens (tertiary/aromatic N) is 4. The number of aliphatic hydroxyl groups is 4. The summed E-state index contributed by atoms with van der Waals surface area (Å²) in [6.07, 6.45) is 43.5.